The Balaban J connectivity index is 2.16. The minimum absolute atomic E-state index is 0.190. The molecule has 0 fully saturated rings. The molecule has 1 atom stereocenters. The number of hydrogen-bond donors (Lipinski definition) is 1. The molecule has 2 aromatic carbocycles. The van der Waals surface area contributed by atoms with Crippen molar-refractivity contribution >= 4 is 39.3 Å². The maximum atomic E-state index is 13.0. The minimum Gasteiger partial charge on any atom is -0.484 e. The number of carbonyl (C=O) groups is 2. The number of ether oxygens (including phenoxy) is 1. The van der Waals surface area contributed by atoms with E-state index >= 15 is 0 Å². The fraction of sp³-hybridized carbons (Fsp3) is 0.364. The Morgan fingerprint density at radius 2 is 1.83 bits per heavy atom. The number of amides is 2. The van der Waals surface area contributed by atoms with Gasteiger partial charge in [0.2, 0.25) is 5.91 Å². The van der Waals surface area contributed by atoms with Gasteiger partial charge in [0, 0.05) is 21.6 Å². The number of rotatable bonds is 7. The van der Waals surface area contributed by atoms with Gasteiger partial charge in [-0.25, -0.2) is 0 Å². The molecule has 0 aliphatic rings. The van der Waals surface area contributed by atoms with Gasteiger partial charge in [-0.1, -0.05) is 45.7 Å². The monoisotopic (exact) mass is 480 g/mol. The summed E-state index contributed by atoms with van der Waals surface area (Å²) in [5.74, 6) is -0.00333. The molecule has 0 bridgehead atoms. The van der Waals surface area contributed by atoms with Crippen LogP contribution in [0.25, 0.3) is 0 Å². The van der Waals surface area contributed by atoms with Crippen molar-refractivity contribution in [2.24, 2.45) is 0 Å². The molecule has 0 saturated heterocycles. The third-order valence-electron chi connectivity index (χ3n) is 4.09. The lowest BCUT2D eigenvalue weighted by Gasteiger charge is -2.31. The summed E-state index contributed by atoms with van der Waals surface area (Å²) in [6, 6.07) is 13.8. The van der Waals surface area contributed by atoms with Crippen LogP contribution in [0.5, 0.6) is 5.75 Å². The molecule has 0 aromatic heterocycles. The van der Waals surface area contributed by atoms with E-state index < -0.39 is 11.6 Å². The number of nitrogens with one attached hydrogen (secondary N) is 1. The van der Waals surface area contributed by atoms with Gasteiger partial charge in [0.15, 0.2) is 6.61 Å². The van der Waals surface area contributed by atoms with Gasteiger partial charge in [0.1, 0.15) is 11.8 Å². The molecule has 1 N–H and O–H groups in total. The van der Waals surface area contributed by atoms with Gasteiger partial charge in [0.05, 0.1) is 0 Å². The second kappa shape index (κ2) is 10.1. The van der Waals surface area contributed by atoms with Gasteiger partial charge in [-0.3, -0.25) is 9.59 Å². The fourth-order valence-electron chi connectivity index (χ4n) is 2.63. The molecule has 5 nitrogen and oxygen atoms in total. The molecular weight excluding hydrogens is 456 g/mol. The maximum absolute atomic E-state index is 13.0. The molecule has 0 heterocycles. The van der Waals surface area contributed by atoms with E-state index in [-0.39, 0.29) is 18.4 Å². The molecule has 2 aromatic rings. The number of carbonyl (C=O) groups excluding carboxylic acids is 2. The lowest BCUT2D eigenvalue weighted by Crippen LogP contribution is -2.53. The number of nitrogens with zero attached hydrogens (tertiary/aromatic N) is 1. The van der Waals surface area contributed by atoms with Gasteiger partial charge >= 0.3 is 0 Å². The fourth-order valence-corrected chi connectivity index (χ4v) is 3.07. The normalized spacial score (nSPS) is 12.2. The van der Waals surface area contributed by atoms with Gasteiger partial charge in [-0.05, 0) is 63.6 Å². The van der Waals surface area contributed by atoms with E-state index in [0.717, 1.165) is 10.0 Å². The Morgan fingerprint density at radius 3 is 2.41 bits per heavy atom. The first-order valence-electron chi connectivity index (χ1n) is 9.29. The third-order valence-corrected chi connectivity index (χ3v) is 4.85. The largest absolute Gasteiger partial charge is 0.484 e. The summed E-state index contributed by atoms with van der Waals surface area (Å²) in [7, 11) is 0. The Hall–Kier alpha value is -2.05. The Morgan fingerprint density at radius 1 is 1.17 bits per heavy atom. The predicted molar refractivity (Wildman–Crippen MR) is 119 cm³/mol. The van der Waals surface area contributed by atoms with Crippen molar-refractivity contribution in [3.8, 4) is 5.75 Å². The van der Waals surface area contributed by atoms with E-state index in [1.807, 2.05) is 45.0 Å². The van der Waals surface area contributed by atoms with E-state index in [0.29, 0.717) is 17.3 Å². The summed E-state index contributed by atoms with van der Waals surface area (Å²) in [6.45, 7) is 7.53. The van der Waals surface area contributed by atoms with Gasteiger partial charge < -0.3 is 15.0 Å². The first kappa shape index (κ1) is 23.2. The first-order chi connectivity index (χ1) is 13.5. The van der Waals surface area contributed by atoms with Crippen LogP contribution in [0.1, 0.15) is 33.3 Å². The van der Waals surface area contributed by atoms with Crippen LogP contribution >= 0.6 is 27.5 Å². The maximum Gasteiger partial charge on any atom is 0.261 e. The molecule has 2 rings (SSSR count). The highest BCUT2D eigenvalue weighted by Gasteiger charge is 2.28. The van der Waals surface area contributed by atoms with Crippen molar-refractivity contribution in [1.82, 2.24) is 10.2 Å². The first-order valence-corrected chi connectivity index (χ1v) is 10.5. The van der Waals surface area contributed by atoms with Crippen LogP contribution in [0.3, 0.4) is 0 Å². The van der Waals surface area contributed by atoms with Crippen LogP contribution in [0.4, 0.5) is 0 Å². The Labute approximate surface area is 185 Å². The van der Waals surface area contributed by atoms with Crippen LogP contribution in [-0.4, -0.2) is 34.9 Å². The molecule has 0 spiro atoms. The Bertz CT molecular complexity index is 850. The standard InChI is InChI=1S/C22H26BrClN2O3/c1-15(21(28)25-22(2,3)4)26(13-16-8-10-17(23)11-9-16)20(27)14-29-19-7-5-6-18(24)12-19/h5-12,15H,13-14H2,1-4H3,(H,25,28). The molecular formula is C22H26BrClN2O3. The molecule has 2 amide bonds. The number of hydrogen-bond acceptors (Lipinski definition) is 3. The minimum atomic E-state index is -0.659. The van der Waals surface area contributed by atoms with Crippen molar-refractivity contribution in [2.75, 3.05) is 6.61 Å². The highest BCUT2D eigenvalue weighted by molar-refractivity contribution is 9.10. The van der Waals surface area contributed by atoms with Gasteiger partial charge in [-0.15, -0.1) is 0 Å². The van der Waals surface area contributed by atoms with E-state index in [1.165, 1.54) is 4.90 Å². The SMILES string of the molecule is CC(C(=O)NC(C)(C)C)N(Cc1ccc(Br)cc1)C(=O)COc1cccc(Cl)c1. The molecule has 156 valence electrons. The van der Waals surface area contributed by atoms with Crippen LogP contribution in [-0.2, 0) is 16.1 Å². The summed E-state index contributed by atoms with van der Waals surface area (Å²) >= 11 is 9.37. The second-order valence-corrected chi connectivity index (χ2v) is 9.16. The van der Waals surface area contributed by atoms with E-state index in [2.05, 4.69) is 21.2 Å². The molecule has 0 aliphatic carbocycles. The van der Waals surface area contributed by atoms with Crippen LogP contribution in [0, 0.1) is 0 Å². The second-order valence-electron chi connectivity index (χ2n) is 7.81. The molecule has 0 radical (unpaired) electrons. The van der Waals surface area contributed by atoms with Crippen molar-refractivity contribution < 1.29 is 14.3 Å². The summed E-state index contributed by atoms with van der Waals surface area (Å²) in [4.78, 5) is 27.2. The smallest absolute Gasteiger partial charge is 0.261 e. The molecule has 29 heavy (non-hydrogen) atoms. The van der Waals surface area contributed by atoms with Crippen LogP contribution < -0.4 is 10.1 Å². The zero-order valence-electron chi connectivity index (χ0n) is 17.0. The quantitative estimate of drug-likeness (QED) is 0.617. The average molecular weight is 482 g/mol. The van der Waals surface area contributed by atoms with Crippen LogP contribution in [0.2, 0.25) is 5.02 Å². The zero-order valence-corrected chi connectivity index (χ0v) is 19.4. The molecule has 7 heteroatoms. The molecule has 0 aliphatic heterocycles. The summed E-state index contributed by atoms with van der Waals surface area (Å²) in [5.41, 5.74) is 0.523. The summed E-state index contributed by atoms with van der Waals surface area (Å²) in [5, 5.41) is 3.46. The van der Waals surface area contributed by atoms with Crippen molar-refractivity contribution in [3.63, 3.8) is 0 Å². The van der Waals surface area contributed by atoms with E-state index in [9.17, 15) is 9.59 Å². The number of halogens is 2. The lowest BCUT2D eigenvalue weighted by molar-refractivity contribution is -0.142. The summed E-state index contributed by atoms with van der Waals surface area (Å²) in [6.07, 6.45) is 0. The molecule has 0 saturated carbocycles. The van der Waals surface area contributed by atoms with Crippen molar-refractivity contribution in [2.45, 2.75) is 45.8 Å². The highest BCUT2D eigenvalue weighted by Crippen LogP contribution is 2.18. The third kappa shape index (κ3) is 7.71. The molecule has 1 unspecified atom stereocenters. The highest BCUT2D eigenvalue weighted by atomic mass is 79.9. The zero-order chi connectivity index (χ0) is 21.6. The number of benzene rings is 2. The van der Waals surface area contributed by atoms with Gasteiger partial charge in [-0.2, -0.15) is 0 Å². The van der Waals surface area contributed by atoms with Crippen molar-refractivity contribution in [3.05, 3.63) is 63.6 Å². The average Bonchev–Trinajstić information content (AvgIpc) is 2.64. The van der Waals surface area contributed by atoms with Crippen molar-refractivity contribution in [1.29, 1.82) is 0 Å². The lowest BCUT2D eigenvalue weighted by atomic mass is 10.1. The summed E-state index contributed by atoms with van der Waals surface area (Å²) < 4.78 is 6.55. The van der Waals surface area contributed by atoms with Crippen LogP contribution in [0.15, 0.2) is 53.0 Å². The predicted octanol–water partition coefficient (Wildman–Crippen LogP) is 4.81. The Kier molecular flexibility index (Phi) is 8.11. The topological polar surface area (TPSA) is 58.6 Å². The van der Waals surface area contributed by atoms with E-state index in [4.69, 9.17) is 16.3 Å². The van der Waals surface area contributed by atoms with Gasteiger partial charge in [0.25, 0.3) is 5.91 Å². The van der Waals surface area contributed by atoms with E-state index in [1.54, 1.807) is 31.2 Å².